The second kappa shape index (κ2) is 7.53. The molecule has 5 nitrogen and oxygen atoms in total. The van der Waals surface area contributed by atoms with Crippen LogP contribution in [0.1, 0.15) is 33.3 Å². The van der Waals surface area contributed by atoms with E-state index in [9.17, 15) is 15.0 Å². The molecule has 1 aromatic rings. The van der Waals surface area contributed by atoms with E-state index >= 15 is 0 Å². The van der Waals surface area contributed by atoms with E-state index in [1.807, 2.05) is 0 Å². The van der Waals surface area contributed by atoms with Gasteiger partial charge in [-0.3, -0.25) is 4.90 Å². The summed E-state index contributed by atoms with van der Waals surface area (Å²) < 4.78 is 6.03. The molecular formula is C15H21BrClNO4. The molecule has 0 aliphatic carbocycles. The lowest BCUT2D eigenvalue weighted by molar-refractivity contribution is 0.00925. The molecule has 0 saturated heterocycles. The summed E-state index contributed by atoms with van der Waals surface area (Å²) in [5.74, 6) is -0.0939. The molecule has 7 heteroatoms. The third kappa shape index (κ3) is 5.34. The number of aliphatic hydroxyl groups excluding tert-OH is 1. The molecule has 0 unspecified atom stereocenters. The monoisotopic (exact) mass is 393 g/mol. The second-order valence-electron chi connectivity index (χ2n) is 6.04. The highest BCUT2D eigenvalue weighted by molar-refractivity contribution is 9.10. The van der Waals surface area contributed by atoms with Crippen molar-refractivity contribution >= 4 is 33.6 Å². The lowest BCUT2D eigenvalue weighted by Gasteiger charge is -2.31. The van der Waals surface area contributed by atoms with Crippen LogP contribution in [0.2, 0.25) is 5.02 Å². The van der Waals surface area contributed by atoms with Crippen molar-refractivity contribution < 1.29 is 19.7 Å². The molecule has 0 radical (unpaired) electrons. The van der Waals surface area contributed by atoms with E-state index in [-0.39, 0.29) is 23.9 Å². The maximum absolute atomic E-state index is 12.3. The molecule has 1 atom stereocenters. The zero-order chi connectivity index (χ0) is 17.1. The molecule has 1 aromatic carbocycles. The van der Waals surface area contributed by atoms with Gasteiger partial charge in [-0.1, -0.05) is 27.5 Å². The minimum Gasteiger partial charge on any atom is -0.506 e. The Morgan fingerprint density at radius 2 is 2.05 bits per heavy atom. The Hall–Kier alpha value is -0.980. The first-order valence-corrected chi connectivity index (χ1v) is 7.99. The van der Waals surface area contributed by atoms with Crippen molar-refractivity contribution in [2.75, 3.05) is 6.61 Å². The molecule has 2 N–H and O–H groups in total. The zero-order valence-corrected chi connectivity index (χ0v) is 15.4. The number of hydrogen-bond acceptors (Lipinski definition) is 4. The smallest absolute Gasteiger partial charge is 0.410 e. The Balaban J connectivity index is 3.07. The molecule has 22 heavy (non-hydrogen) atoms. The van der Waals surface area contributed by atoms with Crippen LogP contribution in [0.3, 0.4) is 0 Å². The van der Waals surface area contributed by atoms with Gasteiger partial charge in [-0.05, 0) is 39.8 Å². The summed E-state index contributed by atoms with van der Waals surface area (Å²) in [4.78, 5) is 13.7. The van der Waals surface area contributed by atoms with Gasteiger partial charge < -0.3 is 14.9 Å². The zero-order valence-electron chi connectivity index (χ0n) is 13.1. The Labute approximate surface area is 144 Å². The van der Waals surface area contributed by atoms with Crippen molar-refractivity contribution in [1.29, 1.82) is 0 Å². The Morgan fingerprint density at radius 3 is 2.55 bits per heavy atom. The minimum absolute atomic E-state index is 0.0711. The van der Waals surface area contributed by atoms with Crippen LogP contribution >= 0.6 is 27.5 Å². The first-order valence-electron chi connectivity index (χ1n) is 6.82. The van der Waals surface area contributed by atoms with Gasteiger partial charge >= 0.3 is 6.09 Å². The van der Waals surface area contributed by atoms with E-state index in [1.165, 1.54) is 4.90 Å². The van der Waals surface area contributed by atoms with Crippen LogP contribution in [0.5, 0.6) is 5.75 Å². The normalized spacial score (nSPS) is 12.9. The Bertz CT molecular complexity index is 545. The number of hydrogen-bond donors (Lipinski definition) is 2. The van der Waals surface area contributed by atoms with Gasteiger partial charge in [0.05, 0.1) is 24.2 Å². The fourth-order valence-corrected chi connectivity index (χ4v) is 2.62. The first-order chi connectivity index (χ1) is 10.0. The van der Waals surface area contributed by atoms with Crippen LogP contribution in [-0.4, -0.2) is 39.5 Å². The van der Waals surface area contributed by atoms with E-state index < -0.39 is 17.7 Å². The van der Waals surface area contributed by atoms with E-state index in [4.69, 9.17) is 16.3 Å². The molecule has 0 saturated carbocycles. The van der Waals surface area contributed by atoms with E-state index in [2.05, 4.69) is 15.9 Å². The number of phenols is 1. The van der Waals surface area contributed by atoms with Crippen molar-refractivity contribution in [1.82, 2.24) is 4.90 Å². The maximum atomic E-state index is 12.3. The van der Waals surface area contributed by atoms with Crippen molar-refractivity contribution in [3.63, 3.8) is 0 Å². The topological polar surface area (TPSA) is 70.0 Å². The largest absolute Gasteiger partial charge is 0.506 e. The van der Waals surface area contributed by atoms with E-state index in [0.29, 0.717) is 10.0 Å². The molecule has 1 amide bonds. The lowest BCUT2D eigenvalue weighted by atomic mass is 10.1. The Kier molecular flexibility index (Phi) is 6.52. The fourth-order valence-electron chi connectivity index (χ4n) is 1.74. The highest BCUT2D eigenvalue weighted by Crippen LogP contribution is 2.32. The van der Waals surface area contributed by atoms with Gasteiger partial charge in [0.25, 0.3) is 0 Å². The summed E-state index contributed by atoms with van der Waals surface area (Å²) in [7, 11) is 0. The standard InChI is InChI=1S/C15H21BrClNO4/c1-9(8-19)18(14(21)22-15(2,3)4)7-10-5-11(16)6-12(17)13(10)20/h5-6,9,19-20H,7-8H2,1-4H3/t9-/m0/s1. The number of carbonyl (C=O) groups excluding carboxylic acids is 1. The molecule has 0 aliphatic heterocycles. The number of ether oxygens (including phenoxy) is 1. The van der Waals surface area contributed by atoms with E-state index in [0.717, 1.165) is 0 Å². The summed E-state index contributed by atoms with van der Waals surface area (Å²) in [6.45, 7) is 6.84. The third-order valence-electron chi connectivity index (χ3n) is 2.87. The summed E-state index contributed by atoms with van der Waals surface area (Å²) >= 11 is 9.24. The molecular weight excluding hydrogens is 374 g/mol. The molecule has 0 heterocycles. The summed E-state index contributed by atoms with van der Waals surface area (Å²) in [6, 6.07) is 2.77. The number of nitrogens with zero attached hydrogens (tertiary/aromatic N) is 1. The van der Waals surface area contributed by atoms with Crippen LogP contribution in [0.15, 0.2) is 16.6 Å². The summed E-state index contributed by atoms with van der Waals surface area (Å²) in [6.07, 6.45) is -0.565. The summed E-state index contributed by atoms with van der Waals surface area (Å²) in [5, 5.41) is 19.6. The van der Waals surface area contributed by atoms with Crippen LogP contribution in [-0.2, 0) is 11.3 Å². The number of benzene rings is 1. The quantitative estimate of drug-likeness (QED) is 0.812. The molecule has 1 rings (SSSR count). The van der Waals surface area contributed by atoms with Gasteiger partial charge in [0.15, 0.2) is 0 Å². The SMILES string of the molecule is C[C@@H](CO)N(Cc1cc(Br)cc(Cl)c1O)C(=O)OC(C)(C)C. The van der Waals surface area contributed by atoms with Crippen LogP contribution in [0.25, 0.3) is 0 Å². The second-order valence-corrected chi connectivity index (χ2v) is 7.36. The fraction of sp³-hybridized carbons (Fsp3) is 0.533. The van der Waals surface area contributed by atoms with Crippen LogP contribution in [0, 0.1) is 0 Å². The van der Waals surface area contributed by atoms with Crippen LogP contribution < -0.4 is 0 Å². The van der Waals surface area contributed by atoms with Gasteiger partial charge in [0.1, 0.15) is 11.4 Å². The van der Waals surface area contributed by atoms with Gasteiger partial charge in [0, 0.05) is 10.0 Å². The predicted octanol–water partition coefficient (Wildman–Crippen LogP) is 3.93. The number of aromatic hydroxyl groups is 1. The summed E-state index contributed by atoms with van der Waals surface area (Å²) in [5.41, 5.74) is -0.188. The highest BCUT2D eigenvalue weighted by Gasteiger charge is 2.27. The number of aliphatic hydroxyl groups is 1. The van der Waals surface area contributed by atoms with Gasteiger partial charge in [-0.15, -0.1) is 0 Å². The molecule has 0 aromatic heterocycles. The maximum Gasteiger partial charge on any atom is 0.410 e. The van der Waals surface area contributed by atoms with Crippen molar-refractivity contribution in [2.24, 2.45) is 0 Å². The third-order valence-corrected chi connectivity index (χ3v) is 3.62. The minimum atomic E-state index is -0.651. The van der Waals surface area contributed by atoms with Crippen molar-refractivity contribution in [3.05, 3.63) is 27.2 Å². The number of carbonyl (C=O) groups is 1. The first kappa shape index (κ1) is 19.1. The number of halogens is 2. The average Bonchev–Trinajstić information content (AvgIpc) is 2.38. The van der Waals surface area contributed by atoms with Gasteiger partial charge in [-0.2, -0.15) is 0 Å². The lowest BCUT2D eigenvalue weighted by Crippen LogP contribution is -2.43. The van der Waals surface area contributed by atoms with E-state index in [1.54, 1.807) is 39.8 Å². The van der Waals surface area contributed by atoms with Gasteiger partial charge in [-0.25, -0.2) is 4.79 Å². The Morgan fingerprint density at radius 1 is 1.45 bits per heavy atom. The number of rotatable bonds is 4. The van der Waals surface area contributed by atoms with Gasteiger partial charge in [0.2, 0.25) is 0 Å². The molecule has 124 valence electrons. The molecule has 0 aliphatic rings. The molecule has 0 bridgehead atoms. The average molecular weight is 395 g/mol. The number of amides is 1. The van der Waals surface area contributed by atoms with Crippen LogP contribution in [0.4, 0.5) is 4.79 Å². The van der Waals surface area contributed by atoms with Crippen molar-refractivity contribution in [2.45, 2.75) is 45.9 Å². The predicted molar refractivity (Wildman–Crippen MR) is 89.1 cm³/mol. The number of phenolic OH excluding ortho intramolecular Hbond substituents is 1. The molecule has 0 fully saturated rings. The van der Waals surface area contributed by atoms with Crippen molar-refractivity contribution in [3.8, 4) is 5.75 Å². The molecule has 0 spiro atoms. The highest BCUT2D eigenvalue weighted by atomic mass is 79.9.